The SMILES string of the molecule is CC1(n2ccn(Cc3ccc(Br)cn3)c(=O)c2=O)CC1. The van der Waals surface area contributed by atoms with Crippen molar-refractivity contribution in [1.82, 2.24) is 14.1 Å². The molecule has 0 atom stereocenters. The van der Waals surface area contributed by atoms with Crippen LogP contribution in [-0.4, -0.2) is 14.1 Å². The number of nitrogens with zero attached hydrogens (tertiary/aromatic N) is 3. The zero-order chi connectivity index (χ0) is 14.3. The van der Waals surface area contributed by atoms with Crippen LogP contribution in [0.2, 0.25) is 0 Å². The van der Waals surface area contributed by atoms with Crippen molar-refractivity contribution in [3.8, 4) is 0 Å². The third-order valence-electron chi connectivity index (χ3n) is 3.73. The molecule has 1 saturated carbocycles. The van der Waals surface area contributed by atoms with Gasteiger partial charge in [0.15, 0.2) is 0 Å². The van der Waals surface area contributed by atoms with Gasteiger partial charge in [-0.25, -0.2) is 0 Å². The Morgan fingerprint density at radius 2 is 2.00 bits per heavy atom. The molecule has 0 unspecified atom stereocenters. The van der Waals surface area contributed by atoms with Gasteiger partial charge in [0.2, 0.25) is 0 Å². The first-order valence-electron chi connectivity index (χ1n) is 6.43. The zero-order valence-electron chi connectivity index (χ0n) is 11.0. The molecule has 2 aromatic heterocycles. The van der Waals surface area contributed by atoms with Gasteiger partial charge in [-0.2, -0.15) is 0 Å². The van der Waals surface area contributed by atoms with E-state index in [1.165, 1.54) is 4.57 Å². The molecule has 2 heterocycles. The first-order chi connectivity index (χ1) is 9.49. The largest absolute Gasteiger partial charge is 0.316 e. The van der Waals surface area contributed by atoms with E-state index in [4.69, 9.17) is 0 Å². The second-order valence-corrected chi connectivity index (χ2v) is 6.29. The van der Waals surface area contributed by atoms with Crippen LogP contribution >= 0.6 is 15.9 Å². The minimum absolute atomic E-state index is 0.162. The minimum Gasteiger partial charge on any atom is -0.304 e. The lowest BCUT2D eigenvalue weighted by Gasteiger charge is -2.13. The summed E-state index contributed by atoms with van der Waals surface area (Å²) in [7, 11) is 0. The maximum atomic E-state index is 12.1. The fourth-order valence-corrected chi connectivity index (χ4v) is 2.39. The highest BCUT2D eigenvalue weighted by Crippen LogP contribution is 2.41. The fourth-order valence-electron chi connectivity index (χ4n) is 2.15. The normalized spacial score (nSPS) is 16.1. The maximum Gasteiger partial charge on any atom is 0.316 e. The summed E-state index contributed by atoms with van der Waals surface area (Å²) in [6, 6.07) is 3.68. The van der Waals surface area contributed by atoms with E-state index in [0.717, 1.165) is 23.0 Å². The molecule has 0 N–H and O–H groups in total. The van der Waals surface area contributed by atoms with Gasteiger partial charge >= 0.3 is 11.1 Å². The van der Waals surface area contributed by atoms with Crippen LogP contribution in [0.4, 0.5) is 0 Å². The summed E-state index contributed by atoms with van der Waals surface area (Å²) in [5.74, 6) is 0. The molecular formula is C14H14BrN3O2. The highest BCUT2D eigenvalue weighted by Gasteiger charge is 2.40. The lowest BCUT2D eigenvalue weighted by atomic mass is 10.3. The predicted octanol–water partition coefficient (Wildman–Crippen LogP) is 1.72. The summed E-state index contributed by atoms with van der Waals surface area (Å²) < 4.78 is 3.84. The van der Waals surface area contributed by atoms with Crippen LogP contribution in [0, 0.1) is 0 Å². The van der Waals surface area contributed by atoms with E-state index in [0.29, 0.717) is 6.54 Å². The van der Waals surface area contributed by atoms with Crippen molar-refractivity contribution in [2.75, 3.05) is 0 Å². The first-order valence-corrected chi connectivity index (χ1v) is 7.22. The summed E-state index contributed by atoms with van der Waals surface area (Å²) in [4.78, 5) is 28.5. The molecule has 0 amide bonds. The highest BCUT2D eigenvalue weighted by molar-refractivity contribution is 9.10. The molecular weight excluding hydrogens is 322 g/mol. The molecule has 2 aromatic rings. The molecule has 0 bridgehead atoms. The fraction of sp³-hybridized carbons (Fsp3) is 0.357. The zero-order valence-corrected chi connectivity index (χ0v) is 12.6. The van der Waals surface area contributed by atoms with Gasteiger partial charge < -0.3 is 9.13 Å². The Bertz CT molecular complexity index is 757. The van der Waals surface area contributed by atoms with Crippen LogP contribution in [0.3, 0.4) is 0 Å². The summed E-state index contributed by atoms with van der Waals surface area (Å²) in [6.07, 6.45) is 6.94. The van der Waals surface area contributed by atoms with Gasteiger partial charge in [0.05, 0.1) is 12.2 Å². The van der Waals surface area contributed by atoms with E-state index in [1.807, 2.05) is 19.1 Å². The second-order valence-electron chi connectivity index (χ2n) is 5.37. The Hall–Kier alpha value is -1.69. The number of pyridine rings is 1. The Morgan fingerprint density at radius 3 is 2.60 bits per heavy atom. The van der Waals surface area contributed by atoms with Crippen LogP contribution in [0.1, 0.15) is 25.5 Å². The smallest absolute Gasteiger partial charge is 0.304 e. The molecule has 3 rings (SSSR count). The summed E-state index contributed by atoms with van der Waals surface area (Å²) in [6.45, 7) is 2.30. The molecule has 104 valence electrons. The van der Waals surface area contributed by atoms with Gasteiger partial charge in [-0.05, 0) is 47.8 Å². The second kappa shape index (κ2) is 4.70. The molecule has 5 nitrogen and oxygen atoms in total. The van der Waals surface area contributed by atoms with Crippen molar-refractivity contribution < 1.29 is 0 Å². The molecule has 6 heteroatoms. The molecule has 0 aliphatic heterocycles. The average Bonchev–Trinajstić information content (AvgIpc) is 3.16. The quantitative estimate of drug-likeness (QED) is 0.802. The molecule has 1 aliphatic rings. The van der Waals surface area contributed by atoms with Crippen molar-refractivity contribution in [2.45, 2.75) is 31.8 Å². The van der Waals surface area contributed by atoms with Gasteiger partial charge in [-0.3, -0.25) is 14.6 Å². The van der Waals surface area contributed by atoms with Crippen LogP contribution in [0.25, 0.3) is 0 Å². The Balaban J connectivity index is 1.95. The molecule has 1 aliphatic carbocycles. The maximum absolute atomic E-state index is 12.1. The number of rotatable bonds is 3. The monoisotopic (exact) mass is 335 g/mol. The highest BCUT2D eigenvalue weighted by atomic mass is 79.9. The molecule has 0 spiro atoms. The number of halogens is 1. The molecule has 0 saturated heterocycles. The Labute approximate surface area is 124 Å². The van der Waals surface area contributed by atoms with Crippen LogP contribution < -0.4 is 11.1 Å². The third kappa shape index (κ3) is 2.35. The predicted molar refractivity (Wildman–Crippen MR) is 78.9 cm³/mol. The lowest BCUT2D eigenvalue weighted by Crippen LogP contribution is -2.43. The van der Waals surface area contributed by atoms with Crippen molar-refractivity contribution in [3.05, 3.63) is 61.6 Å². The van der Waals surface area contributed by atoms with Crippen molar-refractivity contribution >= 4 is 15.9 Å². The number of hydrogen-bond acceptors (Lipinski definition) is 3. The standard InChI is InChI=1S/C14H14BrN3O2/c1-14(4-5-14)18-7-6-17(12(19)13(18)20)9-11-3-2-10(15)8-16-11/h2-3,6-8H,4-5,9H2,1H3. The van der Waals surface area contributed by atoms with Gasteiger partial charge in [0.25, 0.3) is 0 Å². The van der Waals surface area contributed by atoms with E-state index in [1.54, 1.807) is 23.2 Å². The summed E-state index contributed by atoms with van der Waals surface area (Å²) in [5.41, 5.74) is -0.370. The lowest BCUT2D eigenvalue weighted by molar-refractivity contribution is 0.495. The van der Waals surface area contributed by atoms with E-state index >= 15 is 0 Å². The number of aromatic nitrogens is 3. The summed E-state index contributed by atoms with van der Waals surface area (Å²) in [5, 5.41) is 0. The van der Waals surface area contributed by atoms with Crippen molar-refractivity contribution in [1.29, 1.82) is 0 Å². The van der Waals surface area contributed by atoms with Gasteiger partial charge in [-0.1, -0.05) is 0 Å². The van der Waals surface area contributed by atoms with E-state index in [-0.39, 0.29) is 5.54 Å². The Kier molecular flexibility index (Phi) is 3.12. The van der Waals surface area contributed by atoms with E-state index < -0.39 is 11.1 Å². The first kappa shape index (κ1) is 13.3. The summed E-state index contributed by atoms with van der Waals surface area (Å²) >= 11 is 3.31. The van der Waals surface area contributed by atoms with Crippen molar-refractivity contribution in [3.63, 3.8) is 0 Å². The Morgan fingerprint density at radius 1 is 1.25 bits per heavy atom. The number of hydrogen-bond donors (Lipinski definition) is 0. The average molecular weight is 336 g/mol. The minimum atomic E-state index is -0.495. The molecule has 0 radical (unpaired) electrons. The molecule has 20 heavy (non-hydrogen) atoms. The molecule has 0 aromatic carbocycles. The van der Waals surface area contributed by atoms with Gasteiger partial charge in [-0.15, -0.1) is 0 Å². The molecule has 1 fully saturated rings. The van der Waals surface area contributed by atoms with E-state index in [9.17, 15) is 9.59 Å². The van der Waals surface area contributed by atoms with Gasteiger partial charge in [0.1, 0.15) is 0 Å². The van der Waals surface area contributed by atoms with Crippen molar-refractivity contribution in [2.24, 2.45) is 0 Å². The third-order valence-corrected chi connectivity index (χ3v) is 4.20. The van der Waals surface area contributed by atoms with E-state index in [2.05, 4.69) is 20.9 Å². The van der Waals surface area contributed by atoms with Crippen LogP contribution in [0.5, 0.6) is 0 Å². The van der Waals surface area contributed by atoms with Gasteiger partial charge in [0, 0.05) is 28.6 Å². The van der Waals surface area contributed by atoms with Crippen LogP contribution in [0.15, 0.2) is 44.8 Å². The topological polar surface area (TPSA) is 56.9 Å². The van der Waals surface area contributed by atoms with Crippen LogP contribution in [-0.2, 0) is 12.1 Å².